The first-order valence-corrected chi connectivity index (χ1v) is 12.0. The number of aromatic nitrogens is 2. The third kappa shape index (κ3) is 3.72. The molecular weight excluding hydrogens is 396 g/mol. The Morgan fingerprint density at radius 3 is 2.68 bits per heavy atom. The number of thioether (sulfide) groups is 1. The van der Waals surface area contributed by atoms with Gasteiger partial charge in [-0.2, -0.15) is 16.9 Å². The van der Waals surface area contributed by atoms with Crippen LogP contribution in [0, 0.1) is 12.3 Å². The third-order valence-electron chi connectivity index (χ3n) is 5.04. The molecule has 28 heavy (non-hydrogen) atoms. The lowest BCUT2D eigenvalue weighted by atomic mass is 9.84. The zero-order valence-electron chi connectivity index (χ0n) is 16.9. The molecule has 0 amide bonds. The summed E-state index contributed by atoms with van der Waals surface area (Å²) in [7, 11) is -3.40. The predicted octanol–water partition coefficient (Wildman–Crippen LogP) is 4.04. The number of rotatable bonds is 5. The van der Waals surface area contributed by atoms with Gasteiger partial charge in [0.2, 0.25) is 0 Å². The lowest BCUT2D eigenvalue weighted by molar-refractivity contribution is 0.0733. The van der Waals surface area contributed by atoms with Crippen LogP contribution in [0.5, 0.6) is 5.75 Å². The van der Waals surface area contributed by atoms with Gasteiger partial charge in [-0.05, 0) is 48.3 Å². The fourth-order valence-electron chi connectivity index (χ4n) is 3.76. The van der Waals surface area contributed by atoms with E-state index >= 15 is 0 Å². The largest absolute Gasteiger partial charge is 0.420 e. The number of hydrogen-bond donors (Lipinski definition) is 0. The van der Waals surface area contributed by atoms with E-state index in [0.717, 1.165) is 11.3 Å². The van der Waals surface area contributed by atoms with Gasteiger partial charge in [0, 0.05) is 11.8 Å². The van der Waals surface area contributed by atoms with Crippen LogP contribution in [0.2, 0.25) is 0 Å². The molecule has 0 radical (unpaired) electrons. The molecule has 6 nitrogen and oxygen atoms in total. The molecule has 1 aromatic carbocycles. The van der Waals surface area contributed by atoms with Gasteiger partial charge in [0.15, 0.2) is 15.6 Å². The van der Waals surface area contributed by atoms with Crippen LogP contribution < -0.4 is 4.74 Å². The van der Waals surface area contributed by atoms with Gasteiger partial charge >= 0.3 is 5.97 Å². The summed E-state index contributed by atoms with van der Waals surface area (Å²) < 4.78 is 32.9. The Morgan fingerprint density at radius 2 is 2.07 bits per heavy atom. The first-order valence-electron chi connectivity index (χ1n) is 9.33. The minimum atomic E-state index is -3.40. The second-order valence-electron chi connectivity index (χ2n) is 7.65. The third-order valence-corrected chi connectivity index (χ3v) is 8.73. The number of benzene rings is 1. The Hall–Kier alpha value is -1.80. The highest BCUT2D eigenvalue weighted by atomic mass is 32.2. The Morgan fingerprint density at radius 1 is 1.36 bits per heavy atom. The summed E-state index contributed by atoms with van der Waals surface area (Å²) >= 11 is 1.72. The summed E-state index contributed by atoms with van der Waals surface area (Å²) in [6, 6.07) is 3.12. The molecule has 2 aromatic rings. The van der Waals surface area contributed by atoms with Gasteiger partial charge in [-0.1, -0.05) is 20.8 Å². The number of aryl methyl sites for hydroxylation is 1. The lowest BCUT2D eigenvalue weighted by Gasteiger charge is -2.40. The maximum atomic E-state index is 12.9. The second kappa shape index (κ2) is 7.55. The van der Waals surface area contributed by atoms with Gasteiger partial charge in [-0.15, -0.1) is 0 Å². The highest BCUT2D eigenvalue weighted by Crippen LogP contribution is 2.52. The summed E-state index contributed by atoms with van der Waals surface area (Å²) in [5.41, 5.74) is 1.37. The number of hydrogen-bond acceptors (Lipinski definition) is 6. The molecule has 8 heteroatoms. The van der Waals surface area contributed by atoms with Crippen molar-refractivity contribution >= 4 is 27.6 Å². The number of ether oxygens (including phenoxy) is 1. The van der Waals surface area contributed by atoms with Crippen molar-refractivity contribution in [2.75, 3.05) is 11.5 Å². The van der Waals surface area contributed by atoms with E-state index in [1.165, 1.54) is 6.20 Å². The number of nitrogens with zero attached hydrogens (tertiary/aromatic N) is 2. The molecule has 2 heterocycles. The fourth-order valence-corrected chi connectivity index (χ4v) is 7.47. The van der Waals surface area contributed by atoms with Gasteiger partial charge in [-0.25, -0.2) is 13.2 Å². The Kier molecular flexibility index (Phi) is 5.64. The molecule has 0 saturated carbocycles. The smallest absolute Gasteiger partial charge is 0.343 e. The molecule has 1 aliphatic rings. The van der Waals surface area contributed by atoms with Crippen LogP contribution in [-0.4, -0.2) is 35.7 Å². The number of fused-ring (bicyclic) bond motifs is 1. The number of sulfone groups is 1. The van der Waals surface area contributed by atoms with E-state index in [9.17, 15) is 13.2 Å². The molecule has 152 valence electrons. The Bertz CT molecular complexity index is 1010. The van der Waals surface area contributed by atoms with Gasteiger partial charge in [-0.3, -0.25) is 4.68 Å². The molecule has 1 aromatic heterocycles. The number of esters is 1. The van der Waals surface area contributed by atoms with Crippen LogP contribution in [0.3, 0.4) is 0 Å². The Balaban J connectivity index is 2.06. The maximum Gasteiger partial charge on any atom is 0.343 e. The highest BCUT2D eigenvalue weighted by molar-refractivity contribution is 7.99. The van der Waals surface area contributed by atoms with Crippen LogP contribution in [0.1, 0.15) is 54.4 Å². The molecule has 0 bridgehead atoms. The molecule has 0 N–H and O–H groups in total. The number of carbonyl (C=O) groups is 1. The fraction of sp³-hybridized carbons (Fsp3) is 0.500. The van der Waals surface area contributed by atoms with Crippen LogP contribution in [0.25, 0.3) is 0 Å². The van der Waals surface area contributed by atoms with Crippen molar-refractivity contribution in [3.63, 3.8) is 0 Å². The van der Waals surface area contributed by atoms with E-state index in [1.54, 1.807) is 34.8 Å². The molecule has 3 rings (SSSR count). The summed E-state index contributed by atoms with van der Waals surface area (Å²) in [5, 5.41) is 4.10. The Labute approximate surface area is 170 Å². The van der Waals surface area contributed by atoms with E-state index in [-0.39, 0.29) is 11.0 Å². The summed E-state index contributed by atoms with van der Waals surface area (Å²) in [6.07, 6.45) is 3.16. The molecule has 1 atom stereocenters. The van der Waals surface area contributed by atoms with Crippen molar-refractivity contribution in [1.82, 2.24) is 9.78 Å². The highest BCUT2D eigenvalue weighted by Gasteiger charge is 2.44. The summed E-state index contributed by atoms with van der Waals surface area (Å²) in [6.45, 7) is 10.4. The zero-order valence-corrected chi connectivity index (χ0v) is 18.5. The maximum absolute atomic E-state index is 12.9. The molecule has 0 spiro atoms. The van der Waals surface area contributed by atoms with Crippen molar-refractivity contribution in [2.45, 2.75) is 51.3 Å². The standard InChI is InChI=1S/C20H26N2O4S2/c1-6-22-11-14(10-21-22)26-19(23)15-8-9-16-17(13(15)3)18(27-7-2)20(4,5)12-28(16,24)25/h8-11,18H,6-7,12H2,1-5H3. The normalized spacial score (nSPS) is 19.8. The van der Waals surface area contributed by atoms with Crippen molar-refractivity contribution < 1.29 is 17.9 Å². The molecule has 0 saturated heterocycles. The predicted molar refractivity (Wildman–Crippen MR) is 111 cm³/mol. The average molecular weight is 423 g/mol. The van der Waals surface area contributed by atoms with Gasteiger partial charge < -0.3 is 4.74 Å². The van der Waals surface area contributed by atoms with Crippen molar-refractivity contribution in [1.29, 1.82) is 0 Å². The molecule has 1 unspecified atom stereocenters. The number of carbonyl (C=O) groups excluding carboxylic acids is 1. The van der Waals surface area contributed by atoms with Gasteiger partial charge in [0.1, 0.15) is 0 Å². The first-order chi connectivity index (χ1) is 13.1. The van der Waals surface area contributed by atoms with Crippen molar-refractivity contribution in [3.05, 3.63) is 41.2 Å². The van der Waals surface area contributed by atoms with E-state index < -0.39 is 21.2 Å². The quantitative estimate of drug-likeness (QED) is 0.677. The zero-order chi connectivity index (χ0) is 20.7. The SMILES string of the molecule is CCSC1c2c(ccc(C(=O)Oc3cnn(CC)c3)c2C)S(=O)(=O)CC1(C)C. The van der Waals surface area contributed by atoms with Crippen molar-refractivity contribution in [3.8, 4) is 5.75 Å². The first kappa shape index (κ1) is 20.9. The molecule has 1 aliphatic heterocycles. The van der Waals surface area contributed by atoms with Gasteiger partial charge in [0.05, 0.1) is 28.6 Å². The lowest BCUT2D eigenvalue weighted by Crippen LogP contribution is -2.36. The molecule has 0 fully saturated rings. The molecular formula is C20H26N2O4S2. The summed E-state index contributed by atoms with van der Waals surface area (Å²) in [4.78, 5) is 13.1. The minimum absolute atomic E-state index is 0.00776. The van der Waals surface area contributed by atoms with Crippen LogP contribution in [0.4, 0.5) is 0 Å². The van der Waals surface area contributed by atoms with Gasteiger partial charge in [0.25, 0.3) is 0 Å². The summed E-state index contributed by atoms with van der Waals surface area (Å²) in [5.74, 6) is 0.829. The van der Waals surface area contributed by atoms with E-state index in [0.29, 0.717) is 28.3 Å². The second-order valence-corrected chi connectivity index (χ2v) is 11.0. The van der Waals surface area contributed by atoms with Crippen LogP contribution in [-0.2, 0) is 16.4 Å². The minimum Gasteiger partial charge on any atom is -0.420 e. The van der Waals surface area contributed by atoms with E-state index in [4.69, 9.17) is 4.74 Å². The van der Waals surface area contributed by atoms with Crippen molar-refractivity contribution in [2.24, 2.45) is 5.41 Å². The average Bonchev–Trinajstić information content (AvgIpc) is 3.05. The monoisotopic (exact) mass is 422 g/mol. The van der Waals surface area contributed by atoms with Crippen LogP contribution in [0.15, 0.2) is 29.4 Å². The van der Waals surface area contributed by atoms with Crippen LogP contribution >= 0.6 is 11.8 Å². The van der Waals surface area contributed by atoms with E-state index in [2.05, 4.69) is 12.0 Å². The van der Waals surface area contributed by atoms with E-state index in [1.807, 2.05) is 27.7 Å². The molecule has 0 aliphatic carbocycles. The topological polar surface area (TPSA) is 78.3 Å².